The van der Waals surface area contributed by atoms with Crippen molar-refractivity contribution in [1.29, 1.82) is 0 Å². The number of imidazole rings is 1. The zero-order valence-electron chi connectivity index (χ0n) is 18.0. The summed E-state index contributed by atoms with van der Waals surface area (Å²) >= 11 is 0. The summed E-state index contributed by atoms with van der Waals surface area (Å²) in [6.45, 7) is 2.94. The lowest BCUT2D eigenvalue weighted by Gasteiger charge is -2.15. The van der Waals surface area contributed by atoms with Crippen molar-refractivity contribution in [2.45, 2.75) is 39.0 Å². The smallest absolute Gasteiger partial charge is 0.337 e. The highest BCUT2D eigenvalue weighted by Gasteiger charge is 2.24. The second-order valence-corrected chi connectivity index (χ2v) is 8.29. The van der Waals surface area contributed by atoms with Gasteiger partial charge in [0.15, 0.2) is 11.2 Å². The Bertz CT molecular complexity index is 1450. The van der Waals surface area contributed by atoms with E-state index in [-0.39, 0.29) is 29.5 Å². The van der Waals surface area contributed by atoms with Crippen LogP contribution in [0, 0.1) is 18.6 Å². The van der Waals surface area contributed by atoms with Crippen LogP contribution in [0.2, 0.25) is 0 Å². The Morgan fingerprint density at radius 1 is 1.12 bits per heavy atom. The standard InChI is InChI=1S/C24H22F2N4O3/c1-15-4-6-16(7-5-15)12-28-14-27-22-21(28)23(31)29(13-18-3-2-10-33-18)24(32)30(22)20-9-8-17(25)11-19(20)26/h4-9,11,14,18H,2-3,10,12-13H2,1H3/t18-/m1/s1. The maximum absolute atomic E-state index is 14.7. The Labute approximate surface area is 187 Å². The minimum Gasteiger partial charge on any atom is -0.376 e. The summed E-state index contributed by atoms with van der Waals surface area (Å²) in [7, 11) is 0. The fourth-order valence-corrected chi connectivity index (χ4v) is 4.22. The number of ether oxygens (including phenoxy) is 1. The molecule has 1 saturated heterocycles. The van der Waals surface area contributed by atoms with Crippen molar-refractivity contribution in [2.24, 2.45) is 0 Å². The van der Waals surface area contributed by atoms with E-state index in [0.29, 0.717) is 19.2 Å². The summed E-state index contributed by atoms with van der Waals surface area (Å²) < 4.78 is 37.6. The predicted octanol–water partition coefficient (Wildman–Crippen LogP) is 3.16. The van der Waals surface area contributed by atoms with Gasteiger partial charge >= 0.3 is 5.69 Å². The van der Waals surface area contributed by atoms with Gasteiger partial charge in [0.05, 0.1) is 24.7 Å². The number of benzene rings is 2. The normalized spacial score (nSPS) is 16.0. The summed E-state index contributed by atoms with van der Waals surface area (Å²) in [5, 5.41) is 0. The molecule has 170 valence electrons. The molecule has 0 amide bonds. The van der Waals surface area contributed by atoms with Gasteiger partial charge in [-0.15, -0.1) is 0 Å². The van der Waals surface area contributed by atoms with E-state index in [1.165, 1.54) is 12.4 Å². The highest BCUT2D eigenvalue weighted by atomic mass is 19.1. The number of aromatic nitrogens is 4. The van der Waals surface area contributed by atoms with Crippen LogP contribution < -0.4 is 11.2 Å². The Balaban J connectivity index is 1.74. The molecule has 7 nitrogen and oxygen atoms in total. The quantitative estimate of drug-likeness (QED) is 0.467. The Morgan fingerprint density at radius 3 is 2.61 bits per heavy atom. The van der Waals surface area contributed by atoms with Crippen LogP contribution in [0.15, 0.2) is 58.4 Å². The maximum Gasteiger partial charge on any atom is 0.337 e. The lowest BCUT2D eigenvalue weighted by molar-refractivity contribution is 0.0950. The van der Waals surface area contributed by atoms with E-state index in [4.69, 9.17) is 4.74 Å². The molecule has 1 fully saturated rings. The molecule has 1 aliphatic rings. The lowest BCUT2D eigenvalue weighted by Crippen LogP contribution is -2.42. The van der Waals surface area contributed by atoms with E-state index in [9.17, 15) is 18.4 Å². The van der Waals surface area contributed by atoms with Crippen LogP contribution in [0.4, 0.5) is 8.78 Å². The summed E-state index contributed by atoms with van der Waals surface area (Å²) in [6.07, 6.45) is 2.73. The molecule has 0 bridgehead atoms. The third-order valence-electron chi connectivity index (χ3n) is 5.93. The van der Waals surface area contributed by atoms with Gasteiger partial charge in [-0.1, -0.05) is 29.8 Å². The number of halogens is 2. The number of rotatable bonds is 5. The molecule has 2 aromatic heterocycles. The van der Waals surface area contributed by atoms with Gasteiger partial charge in [-0.05, 0) is 37.5 Å². The highest BCUT2D eigenvalue weighted by Crippen LogP contribution is 2.19. The van der Waals surface area contributed by atoms with Crippen molar-refractivity contribution >= 4 is 11.2 Å². The average molecular weight is 452 g/mol. The molecule has 0 aliphatic carbocycles. The largest absolute Gasteiger partial charge is 0.376 e. The van der Waals surface area contributed by atoms with Crippen LogP contribution in [0.25, 0.3) is 16.9 Å². The number of aryl methyl sites for hydroxylation is 1. The van der Waals surface area contributed by atoms with E-state index in [1.807, 2.05) is 31.2 Å². The fourth-order valence-electron chi connectivity index (χ4n) is 4.22. The van der Waals surface area contributed by atoms with Gasteiger partial charge in [-0.3, -0.25) is 9.36 Å². The maximum atomic E-state index is 14.7. The van der Waals surface area contributed by atoms with Gasteiger partial charge < -0.3 is 9.30 Å². The average Bonchev–Trinajstić information content (AvgIpc) is 3.44. The van der Waals surface area contributed by atoms with Crippen molar-refractivity contribution in [3.05, 3.63) is 92.4 Å². The van der Waals surface area contributed by atoms with E-state index < -0.39 is 22.9 Å². The summed E-state index contributed by atoms with van der Waals surface area (Å²) in [6, 6.07) is 10.8. The highest BCUT2D eigenvalue weighted by molar-refractivity contribution is 5.72. The minimum absolute atomic E-state index is 0.0196. The zero-order chi connectivity index (χ0) is 23.1. The summed E-state index contributed by atoms with van der Waals surface area (Å²) in [4.78, 5) is 31.1. The Morgan fingerprint density at radius 2 is 1.91 bits per heavy atom. The van der Waals surface area contributed by atoms with Crippen molar-refractivity contribution in [2.75, 3.05) is 6.61 Å². The van der Waals surface area contributed by atoms with Crippen LogP contribution in [0.1, 0.15) is 24.0 Å². The molecule has 4 aromatic rings. The van der Waals surface area contributed by atoms with Crippen LogP contribution in [0.3, 0.4) is 0 Å². The van der Waals surface area contributed by atoms with Crippen molar-refractivity contribution in [3.63, 3.8) is 0 Å². The molecule has 0 saturated carbocycles. The fraction of sp³-hybridized carbons (Fsp3) is 0.292. The summed E-state index contributed by atoms with van der Waals surface area (Å²) in [5.41, 5.74) is 0.795. The molecule has 9 heteroatoms. The first-order chi connectivity index (χ1) is 15.9. The van der Waals surface area contributed by atoms with E-state index >= 15 is 0 Å². The third-order valence-corrected chi connectivity index (χ3v) is 5.93. The van der Waals surface area contributed by atoms with Gasteiger partial charge in [-0.25, -0.2) is 23.1 Å². The Kier molecular flexibility index (Phi) is 5.41. The molecule has 1 atom stereocenters. The van der Waals surface area contributed by atoms with Crippen LogP contribution in [-0.4, -0.2) is 31.4 Å². The molecular weight excluding hydrogens is 430 g/mol. The molecular formula is C24H22F2N4O3. The van der Waals surface area contributed by atoms with E-state index in [2.05, 4.69) is 4.98 Å². The number of nitrogens with zero attached hydrogens (tertiary/aromatic N) is 4. The molecule has 33 heavy (non-hydrogen) atoms. The first-order valence-corrected chi connectivity index (χ1v) is 10.8. The van der Waals surface area contributed by atoms with Gasteiger partial charge in [0.25, 0.3) is 5.56 Å². The van der Waals surface area contributed by atoms with E-state index in [0.717, 1.165) is 39.2 Å². The second-order valence-electron chi connectivity index (χ2n) is 8.29. The van der Waals surface area contributed by atoms with Gasteiger partial charge in [-0.2, -0.15) is 0 Å². The van der Waals surface area contributed by atoms with Crippen LogP contribution in [0.5, 0.6) is 0 Å². The van der Waals surface area contributed by atoms with Crippen molar-refractivity contribution < 1.29 is 13.5 Å². The third kappa shape index (κ3) is 3.89. The predicted molar refractivity (Wildman–Crippen MR) is 119 cm³/mol. The Hall–Kier alpha value is -3.59. The topological polar surface area (TPSA) is 71.1 Å². The molecule has 3 heterocycles. The van der Waals surface area contributed by atoms with Crippen LogP contribution in [-0.2, 0) is 17.8 Å². The first-order valence-electron chi connectivity index (χ1n) is 10.8. The minimum atomic E-state index is -0.922. The van der Waals surface area contributed by atoms with E-state index in [1.54, 1.807) is 4.57 Å². The zero-order valence-corrected chi connectivity index (χ0v) is 18.0. The second kappa shape index (κ2) is 8.40. The lowest BCUT2D eigenvalue weighted by atomic mass is 10.1. The number of hydrogen-bond acceptors (Lipinski definition) is 4. The number of hydrogen-bond donors (Lipinski definition) is 0. The molecule has 5 rings (SSSR count). The molecule has 0 spiro atoms. The molecule has 1 aliphatic heterocycles. The van der Waals surface area contributed by atoms with Crippen molar-refractivity contribution in [1.82, 2.24) is 18.7 Å². The summed E-state index contributed by atoms with van der Waals surface area (Å²) in [5.74, 6) is -1.69. The van der Waals surface area contributed by atoms with Gasteiger partial charge in [0, 0.05) is 19.2 Å². The number of fused-ring (bicyclic) bond motifs is 1. The van der Waals surface area contributed by atoms with Crippen LogP contribution >= 0.6 is 0 Å². The SMILES string of the molecule is Cc1ccc(Cn2cnc3c2c(=O)n(C[C@H]2CCCO2)c(=O)n3-c2ccc(F)cc2F)cc1. The van der Waals surface area contributed by atoms with Crippen molar-refractivity contribution in [3.8, 4) is 5.69 Å². The monoisotopic (exact) mass is 452 g/mol. The molecule has 2 aromatic carbocycles. The van der Waals surface area contributed by atoms with Gasteiger partial charge in [0.2, 0.25) is 0 Å². The molecule has 0 N–H and O–H groups in total. The first kappa shape index (κ1) is 21.3. The van der Waals surface area contributed by atoms with Gasteiger partial charge in [0.1, 0.15) is 11.6 Å². The molecule has 0 radical (unpaired) electrons. The molecule has 0 unspecified atom stereocenters.